The summed E-state index contributed by atoms with van der Waals surface area (Å²) < 4.78 is 26.3. The van der Waals surface area contributed by atoms with Crippen molar-refractivity contribution >= 4 is 42.9 Å². The average Bonchev–Trinajstić information content (AvgIpc) is 2.70. The van der Waals surface area contributed by atoms with Crippen molar-refractivity contribution in [1.82, 2.24) is 5.32 Å². The van der Waals surface area contributed by atoms with Crippen LogP contribution in [0.5, 0.6) is 0 Å². The largest absolute Gasteiger partial charge is 0.491 e. The second-order valence-corrected chi connectivity index (χ2v) is 6.34. The minimum atomic E-state index is -1.94. The molecule has 32 heavy (non-hydrogen) atoms. The second kappa shape index (κ2) is 12.5. The van der Waals surface area contributed by atoms with Gasteiger partial charge in [0, 0.05) is 35.0 Å². The number of aliphatic carboxylic acids is 1. The van der Waals surface area contributed by atoms with Crippen LogP contribution >= 0.6 is 0 Å². The molecular formula is C18H20B2F2N2O8. The van der Waals surface area contributed by atoms with Crippen molar-refractivity contribution in [3.63, 3.8) is 0 Å². The molecule has 0 aliphatic carbocycles. The maximum absolute atomic E-state index is 13.4. The molecule has 0 unspecified atom stereocenters. The molecular weight excluding hydrogens is 432 g/mol. The Morgan fingerprint density at radius 2 is 1.34 bits per heavy atom. The summed E-state index contributed by atoms with van der Waals surface area (Å²) in [4.78, 5) is 32.4. The predicted molar refractivity (Wildman–Crippen MR) is 110 cm³/mol. The van der Waals surface area contributed by atoms with Gasteiger partial charge in [0.1, 0.15) is 11.6 Å². The number of nitrogens with two attached hydrogens (primary N) is 1. The lowest BCUT2D eigenvalue weighted by atomic mass is 9.79. The van der Waals surface area contributed by atoms with Gasteiger partial charge in [-0.1, -0.05) is 12.1 Å². The molecule has 8 N–H and O–H groups in total. The van der Waals surface area contributed by atoms with Crippen LogP contribution in [-0.2, 0) is 4.79 Å². The third kappa shape index (κ3) is 8.43. The molecule has 10 nitrogen and oxygen atoms in total. The molecule has 0 spiro atoms. The molecule has 170 valence electrons. The standard InChI is InChI=1S/C11H13BFNO5.C7H7BFNO3/c13-9-6-7(3-4-8(9)12(18)19)11(17)14-5-1-2-10(15)16;9-6-3-4(7(10)11)1-2-5(6)8(12)13/h3-4,6,18-19H,1-2,5H2,(H,14,17)(H,15,16);1-3,12-13H,(H2,10,11). The number of hydrogen-bond donors (Lipinski definition) is 7. The Morgan fingerprint density at radius 3 is 1.75 bits per heavy atom. The number of carbonyl (C=O) groups is 3. The minimum absolute atomic E-state index is 0.0121. The van der Waals surface area contributed by atoms with Crippen LogP contribution < -0.4 is 22.0 Å². The quantitative estimate of drug-likeness (QED) is 0.172. The second-order valence-electron chi connectivity index (χ2n) is 6.34. The molecule has 0 heterocycles. The van der Waals surface area contributed by atoms with E-state index in [9.17, 15) is 23.2 Å². The van der Waals surface area contributed by atoms with Crippen molar-refractivity contribution in [2.75, 3.05) is 6.54 Å². The lowest BCUT2D eigenvalue weighted by Crippen LogP contribution is -2.33. The van der Waals surface area contributed by atoms with Crippen molar-refractivity contribution in [2.45, 2.75) is 12.8 Å². The molecule has 0 saturated carbocycles. The van der Waals surface area contributed by atoms with Gasteiger partial charge in [0.05, 0.1) is 0 Å². The third-order valence-electron chi connectivity index (χ3n) is 3.96. The molecule has 2 amide bonds. The van der Waals surface area contributed by atoms with E-state index in [4.69, 9.17) is 30.9 Å². The van der Waals surface area contributed by atoms with Crippen molar-refractivity contribution in [1.29, 1.82) is 0 Å². The van der Waals surface area contributed by atoms with Gasteiger partial charge < -0.3 is 36.3 Å². The van der Waals surface area contributed by atoms with Gasteiger partial charge in [0.2, 0.25) is 5.91 Å². The van der Waals surface area contributed by atoms with E-state index < -0.39 is 43.7 Å². The Labute approximate surface area is 181 Å². The normalized spacial score (nSPS) is 9.94. The number of benzene rings is 2. The Kier molecular flexibility index (Phi) is 10.4. The number of carboxylic acids is 1. The molecule has 0 atom stereocenters. The van der Waals surface area contributed by atoms with E-state index in [1.54, 1.807) is 0 Å². The van der Waals surface area contributed by atoms with Gasteiger partial charge in [-0.25, -0.2) is 8.78 Å². The predicted octanol–water partition coefficient (Wildman–Crippen LogP) is -2.30. The van der Waals surface area contributed by atoms with Crippen LogP contribution in [0.4, 0.5) is 8.78 Å². The van der Waals surface area contributed by atoms with Crippen LogP contribution in [0.15, 0.2) is 36.4 Å². The van der Waals surface area contributed by atoms with Crippen LogP contribution in [0.1, 0.15) is 33.6 Å². The summed E-state index contributed by atoms with van der Waals surface area (Å²) in [6, 6.07) is 6.43. The number of nitrogens with one attached hydrogen (secondary N) is 1. The smallest absolute Gasteiger partial charge is 0.481 e. The van der Waals surface area contributed by atoms with Gasteiger partial charge in [-0.15, -0.1) is 0 Å². The van der Waals surface area contributed by atoms with Crippen molar-refractivity contribution in [3.8, 4) is 0 Å². The number of halogens is 2. The molecule has 14 heteroatoms. The maximum Gasteiger partial charge on any atom is 0.491 e. The van der Waals surface area contributed by atoms with E-state index >= 15 is 0 Å². The Morgan fingerprint density at radius 1 is 0.875 bits per heavy atom. The Hall–Kier alpha value is -3.32. The van der Waals surface area contributed by atoms with Crippen molar-refractivity contribution in [3.05, 3.63) is 59.2 Å². The zero-order valence-electron chi connectivity index (χ0n) is 16.5. The van der Waals surface area contributed by atoms with E-state index in [1.165, 1.54) is 12.1 Å². The van der Waals surface area contributed by atoms with Gasteiger partial charge in [0.15, 0.2) is 0 Å². The zero-order valence-corrected chi connectivity index (χ0v) is 16.5. The highest BCUT2D eigenvalue weighted by atomic mass is 19.1. The first-order valence-corrected chi connectivity index (χ1v) is 9.05. The lowest BCUT2D eigenvalue weighted by molar-refractivity contribution is -0.137. The first kappa shape index (κ1) is 26.7. The van der Waals surface area contributed by atoms with Crippen LogP contribution in [0.2, 0.25) is 0 Å². The first-order valence-electron chi connectivity index (χ1n) is 9.05. The Balaban J connectivity index is 0.000000343. The van der Waals surface area contributed by atoms with E-state index in [2.05, 4.69) is 5.32 Å². The molecule has 2 rings (SSSR count). The summed E-state index contributed by atoms with van der Waals surface area (Å²) in [6.45, 7) is 0.164. The average molecular weight is 452 g/mol. The number of rotatable bonds is 8. The SMILES string of the molecule is NC(=O)c1ccc(B(O)O)c(F)c1.O=C(O)CCCNC(=O)c1ccc(B(O)O)c(F)c1. The van der Waals surface area contributed by atoms with Crippen molar-refractivity contribution in [2.24, 2.45) is 5.73 Å². The van der Waals surface area contributed by atoms with E-state index in [0.29, 0.717) is 0 Å². The highest BCUT2D eigenvalue weighted by Gasteiger charge is 2.18. The highest BCUT2D eigenvalue weighted by molar-refractivity contribution is 6.59. The summed E-state index contributed by atoms with van der Waals surface area (Å²) in [5, 5.41) is 45.7. The van der Waals surface area contributed by atoms with E-state index in [1.807, 2.05) is 0 Å². The van der Waals surface area contributed by atoms with Crippen LogP contribution in [0.25, 0.3) is 0 Å². The molecule has 2 aromatic carbocycles. The van der Waals surface area contributed by atoms with Gasteiger partial charge >= 0.3 is 20.2 Å². The van der Waals surface area contributed by atoms with Gasteiger partial charge in [-0.3, -0.25) is 14.4 Å². The van der Waals surface area contributed by atoms with Gasteiger partial charge in [0.25, 0.3) is 5.91 Å². The maximum atomic E-state index is 13.4. The number of primary amides is 1. The monoisotopic (exact) mass is 452 g/mol. The molecule has 0 aliphatic rings. The summed E-state index contributed by atoms with van der Waals surface area (Å²) in [5.74, 6) is -4.04. The highest BCUT2D eigenvalue weighted by Crippen LogP contribution is 2.03. The molecule has 2 aromatic rings. The summed E-state index contributed by atoms with van der Waals surface area (Å²) in [6.07, 6.45) is 0.210. The molecule has 0 aliphatic heterocycles. The number of hydrogen-bond acceptors (Lipinski definition) is 7. The Bertz CT molecular complexity index is 976. The third-order valence-corrected chi connectivity index (χ3v) is 3.96. The lowest BCUT2D eigenvalue weighted by Gasteiger charge is -2.06. The van der Waals surface area contributed by atoms with E-state index in [-0.39, 0.29) is 41.4 Å². The molecule has 0 radical (unpaired) electrons. The number of carboxylic acid groups (broad SMARTS) is 1. The minimum Gasteiger partial charge on any atom is -0.481 e. The van der Waals surface area contributed by atoms with Crippen LogP contribution in [0, 0.1) is 11.6 Å². The van der Waals surface area contributed by atoms with Crippen molar-refractivity contribution < 1.29 is 48.4 Å². The number of carbonyl (C=O) groups excluding carboxylic acids is 2. The molecule has 0 saturated heterocycles. The summed E-state index contributed by atoms with van der Waals surface area (Å²) in [7, 11) is -3.82. The fraction of sp³-hybridized carbons (Fsp3) is 0.167. The molecule has 0 aromatic heterocycles. The van der Waals surface area contributed by atoms with Crippen LogP contribution in [-0.4, -0.2) is 63.8 Å². The zero-order chi connectivity index (χ0) is 24.4. The molecule has 0 fully saturated rings. The summed E-state index contributed by atoms with van der Waals surface area (Å²) in [5.41, 5.74) is 4.29. The molecule has 0 bridgehead atoms. The topological polar surface area (TPSA) is 190 Å². The van der Waals surface area contributed by atoms with Gasteiger partial charge in [-0.2, -0.15) is 0 Å². The number of amides is 2. The fourth-order valence-electron chi connectivity index (χ4n) is 2.31. The fourth-order valence-corrected chi connectivity index (χ4v) is 2.31. The van der Waals surface area contributed by atoms with E-state index in [0.717, 1.165) is 24.3 Å². The first-order chi connectivity index (χ1) is 14.9. The van der Waals surface area contributed by atoms with Gasteiger partial charge in [-0.05, 0) is 30.7 Å². The van der Waals surface area contributed by atoms with Crippen LogP contribution in [0.3, 0.4) is 0 Å². The summed E-state index contributed by atoms with van der Waals surface area (Å²) >= 11 is 0.